The molecule has 27 heavy (non-hydrogen) atoms. The normalized spacial score (nSPS) is 15.3. The summed E-state index contributed by atoms with van der Waals surface area (Å²) in [6, 6.07) is 7.26. The first kappa shape index (κ1) is 19.2. The Morgan fingerprint density at radius 3 is 2.74 bits per heavy atom. The van der Waals surface area contributed by atoms with E-state index in [2.05, 4.69) is 5.32 Å². The summed E-state index contributed by atoms with van der Waals surface area (Å²) in [5, 5.41) is 2.93. The molecule has 142 valence electrons. The second-order valence-corrected chi connectivity index (χ2v) is 6.86. The Kier molecular flexibility index (Phi) is 6.29. The highest BCUT2D eigenvalue weighted by atomic mass is 35.5. The van der Waals surface area contributed by atoms with Gasteiger partial charge in [0, 0.05) is 25.7 Å². The van der Waals surface area contributed by atoms with Gasteiger partial charge in [-0.3, -0.25) is 9.59 Å². The van der Waals surface area contributed by atoms with Crippen LogP contribution in [0.15, 0.2) is 47.1 Å². The molecule has 0 spiro atoms. The fourth-order valence-corrected chi connectivity index (χ4v) is 3.26. The third kappa shape index (κ3) is 5.20. The smallest absolute Gasteiger partial charge is 0.252 e. The van der Waals surface area contributed by atoms with Gasteiger partial charge in [0.05, 0.1) is 16.8 Å². The van der Waals surface area contributed by atoms with Crippen molar-refractivity contribution in [2.75, 3.05) is 19.6 Å². The molecule has 7 heteroatoms. The first-order chi connectivity index (χ1) is 13.0. The third-order valence-corrected chi connectivity index (χ3v) is 4.90. The summed E-state index contributed by atoms with van der Waals surface area (Å²) in [6.45, 7) is 1.77. The first-order valence-electron chi connectivity index (χ1n) is 8.76. The van der Waals surface area contributed by atoms with E-state index >= 15 is 0 Å². The van der Waals surface area contributed by atoms with E-state index in [9.17, 15) is 14.0 Å². The fraction of sp³-hybridized carbons (Fsp3) is 0.300. The molecule has 0 atom stereocenters. The maximum atomic E-state index is 13.1. The molecule has 0 unspecified atom stereocenters. The van der Waals surface area contributed by atoms with Crippen molar-refractivity contribution < 1.29 is 18.4 Å². The highest BCUT2D eigenvalue weighted by Gasteiger charge is 2.22. The van der Waals surface area contributed by atoms with Crippen LogP contribution in [-0.4, -0.2) is 36.3 Å². The number of carbonyl (C=O) groups is 2. The van der Waals surface area contributed by atoms with Crippen LogP contribution in [0.5, 0.6) is 0 Å². The summed E-state index contributed by atoms with van der Waals surface area (Å²) in [5.74, 6) is 0.0771. The average Bonchev–Trinajstić information content (AvgIpc) is 3.18. The molecule has 1 fully saturated rings. The molecule has 0 radical (unpaired) electrons. The van der Waals surface area contributed by atoms with Crippen LogP contribution in [0, 0.1) is 11.7 Å². The molecule has 3 rings (SSSR count). The van der Waals surface area contributed by atoms with Crippen LogP contribution >= 0.6 is 11.6 Å². The summed E-state index contributed by atoms with van der Waals surface area (Å²) in [6.07, 6.45) is 6.33. The molecule has 0 bridgehead atoms. The van der Waals surface area contributed by atoms with E-state index in [1.54, 1.807) is 29.4 Å². The summed E-state index contributed by atoms with van der Waals surface area (Å²) in [5.41, 5.74) is 0.258. The maximum absolute atomic E-state index is 13.1. The minimum Gasteiger partial charge on any atom is -0.465 e. The van der Waals surface area contributed by atoms with Crippen LogP contribution in [0.2, 0.25) is 5.02 Å². The number of hydrogen-bond donors (Lipinski definition) is 1. The molecule has 0 saturated carbocycles. The van der Waals surface area contributed by atoms with Gasteiger partial charge < -0.3 is 14.6 Å². The number of amides is 2. The average molecular weight is 391 g/mol. The zero-order chi connectivity index (χ0) is 19.2. The van der Waals surface area contributed by atoms with Crippen molar-refractivity contribution in [3.05, 3.63) is 64.8 Å². The number of furan rings is 1. The number of halogens is 2. The second-order valence-electron chi connectivity index (χ2n) is 6.45. The van der Waals surface area contributed by atoms with Crippen molar-refractivity contribution in [2.45, 2.75) is 12.8 Å². The van der Waals surface area contributed by atoms with Gasteiger partial charge in [-0.25, -0.2) is 4.39 Å². The number of hydrogen-bond acceptors (Lipinski definition) is 3. The van der Waals surface area contributed by atoms with Gasteiger partial charge in [-0.2, -0.15) is 0 Å². The van der Waals surface area contributed by atoms with Crippen molar-refractivity contribution >= 4 is 29.5 Å². The van der Waals surface area contributed by atoms with Gasteiger partial charge in [-0.05, 0) is 55.2 Å². The van der Waals surface area contributed by atoms with E-state index in [-0.39, 0.29) is 28.3 Å². The molecule has 2 heterocycles. The summed E-state index contributed by atoms with van der Waals surface area (Å²) >= 11 is 5.91. The summed E-state index contributed by atoms with van der Waals surface area (Å²) in [7, 11) is 0. The van der Waals surface area contributed by atoms with Gasteiger partial charge >= 0.3 is 0 Å². The van der Waals surface area contributed by atoms with Crippen LogP contribution in [0.3, 0.4) is 0 Å². The standard InChI is InChI=1S/C20H20ClFN2O3/c21-18-12-15(22)3-5-17(18)20(26)23-13-14-7-9-24(10-8-14)19(25)6-4-16-2-1-11-27-16/h1-6,11-12,14H,7-10,13H2,(H,23,26)/b6-4+. The Hall–Kier alpha value is -2.60. The summed E-state index contributed by atoms with van der Waals surface area (Å²) < 4.78 is 18.2. The van der Waals surface area contributed by atoms with E-state index in [0.29, 0.717) is 25.4 Å². The van der Waals surface area contributed by atoms with E-state index in [1.807, 2.05) is 0 Å². The summed E-state index contributed by atoms with van der Waals surface area (Å²) in [4.78, 5) is 26.2. The van der Waals surface area contributed by atoms with E-state index in [1.165, 1.54) is 18.2 Å². The number of benzene rings is 1. The Labute approximate surface area is 161 Å². The van der Waals surface area contributed by atoms with Gasteiger partial charge in [-0.15, -0.1) is 0 Å². The van der Waals surface area contributed by atoms with Crippen molar-refractivity contribution in [3.63, 3.8) is 0 Å². The van der Waals surface area contributed by atoms with Gasteiger partial charge in [0.1, 0.15) is 11.6 Å². The number of likely N-dealkylation sites (tertiary alicyclic amines) is 1. The molecule has 2 amide bonds. The number of nitrogens with zero attached hydrogens (tertiary/aromatic N) is 1. The molecule has 1 aromatic heterocycles. The highest BCUT2D eigenvalue weighted by Crippen LogP contribution is 2.19. The lowest BCUT2D eigenvalue weighted by molar-refractivity contribution is -0.127. The minimum absolute atomic E-state index is 0.0491. The topological polar surface area (TPSA) is 62.6 Å². The third-order valence-electron chi connectivity index (χ3n) is 4.59. The quantitative estimate of drug-likeness (QED) is 0.791. The molecule has 1 aliphatic heterocycles. The predicted octanol–water partition coefficient (Wildman–Crippen LogP) is 3.75. The number of nitrogens with one attached hydrogen (secondary N) is 1. The van der Waals surface area contributed by atoms with Gasteiger partial charge in [0.15, 0.2) is 0 Å². The predicted molar refractivity (Wildman–Crippen MR) is 101 cm³/mol. The number of piperidine rings is 1. The van der Waals surface area contributed by atoms with Crippen molar-refractivity contribution in [1.29, 1.82) is 0 Å². The Morgan fingerprint density at radius 2 is 2.07 bits per heavy atom. The van der Waals surface area contributed by atoms with Gasteiger partial charge in [-0.1, -0.05) is 11.6 Å². The van der Waals surface area contributed by atoms with Crippen molar-refractivity contribution in [3.8, 4) is 0 Å². The lowest BCUT2D eigenvalue weighted by Gasteiger charge is -2.31. The highest BCUT2D eigenvalue weighted by molar-refractivity contribution is 6.33. The lowest BCUT2D eigenvalue weighted by atomic mass is 9.96. The second kappa shape index (κ2) is 8.86. The molecule has 5 nitrogen and oxygen atoms in total. The SMILES string of the molecule is O=C(NCC1CCN(C(=O)/C=C/c2ccco2)CC1)c1ccc(F)cc1Cl. The van der Waals surface area contributed by atoms with E-state index < -0.39 is 5.82 Å². The van der Waals surface area contributed by atoms with Crippen LogP contribution in [0.25, 0.3) is 6.08 Å². The molecule has 1 saturated heterocycles. The van der Waals surface area contributed by atoms with E-state index in [0.717, 1.165) is 18.9 Å². The van der Waals surface area contributed by atoms with Crippen molar-refractivity contribution in [1.82, 2.24) is 10.2 Å². The largest absolute Gasteiger partial charge is 0.465 e. The zero-order valence-electron chi connectivity index (χ0n) is 14.7. The van der Waals surface area contributed by atoms with Gasteiger partial charge in [0.25, 0.3) is 5.91 Å². The molecular formula is C20H20ClFN2O3. The molecular weight excluding hydrogens is 371 g/mol. The maximum Gasteiger partial charge on any atom is 0.252 e. The minimum atomic E-state index is -0.477. The zero-order valence-corrected chi connectivity index (χ0v) is 15.4. The molecule has 2 aromatic rings. The lowest BCUT2D eigenvalue weighted by Crippen LogP contribution is -2.41. The van der Waals surface area contributed by atoms with E-state index in [4.69, 9.17) is 16.0 Å². The number of rotatable bonds is 5. The van der Waals surface area contributed by atoms with Crippen LogP contribution in [0.1, 0.15) is 29.0 Å². The molecule has 1 aromatic carbocycles. The van der Waals surface area contributed by atoms with Crippen LogP contribution < -0.4 is 5.32 Å². The van der Waals surface area contributed by atoms with Crippen LogP contribution in [0.4, 0.5) is 4.39 Å². The van der Waals surface area contributed by atoms with Crippen LogP contribution in [-0.2, 0) is 4.79 Å². The molecule has 1 N–H and O–H groups in total. The number of carbonyl (C=O) groups excluding carboxylic acids is 2. The van der Waals surface area contributed by atoms with Crippen molar-refractivity contribution in [2.24, 2.45) is 5.92 Å². The Morgan fingerprint density at radius 1 is 1.30 bits per heavy atom. The molecule has 0 aliphatic carbocycles. The Balaban J connectivity index is 1.44. The Bertz CT molecular complexity index is 828. The van der Waals surface area contributed by atoms with Gasteiger partial charge in [0.2, 0.25) is 5.91 Å². The monoisotopic (exact) mass is 390 g/mol. The first-order valence-corrected chi connectivity index (χ1v) is 9.14. The molecule has 1 aliphatic rings. The fourth-order valence-electron chi connectivity index (χ4n) is 3.01.